The van der Waals surface area contributed by atoms with Gasteiger partial charge in [-0.05, 0) is 43.3 Å². The maximum atomic E-state index is 13.0. The molecule has 202 valence electrons. The molecule has 2 amide bonds. The van der Waals surface area contributed by atoms with Crippen LogP contribution in [0.3, 0.4) is 0 Å². The van der Waals surface area contributed by atoms with Crippen molar-refractivity contribution < 1.29 is 36.6 Å². The zero-order valence-electron chi connectivity index (χ0n) is 21.0. The number of anilines is 1. The number of rotatable bonds is 8. The van der Waals surface area contributed by atoms with Gasteiger partial charge in [-0.3, -0.25) is 10.1 Å². The number of hydrogen-bond donors (Lipinski definition) is 1. The summed E-state index contributed by atoms with van der Waals surface area (Å²) >= 11 is 0. The van der Waals surface area contributed by atoms with E-state index in [2.05, 4.69) is 15.5 Å². The lowest BCUT2D eigenvalue weighted by Gasteiger charge is -2.33. The normalized spacial score (nSPS) is 14.1. The number of benzene rings is 2. The fourth-order valence-electron chi connectivity index (χ4n) is 3.78. The standard InChI is InChI=1S/C24H27N5O8S/c1-4-36-24(31)28-11-13-29(14-12-28)38(32,33)18-8-5-16(6-9-18)21(30)25-23-27-26-22(37-23)19-10-7-17(34-2)15-20(19)35-3/h5-10,15H,4,11-14H2,1-3H3,(H,25,27,30). The molecule has 1 fully saturated rings. The van der Waals surface area contributed by atoms with Gasteiger partial charge < -0.3 is 23.5 Å². The van der Waals surface area contributed by atoms with E-state index < -0.39 is 22.0 Å². The molecule has 0 spiro atoms. The number of carbonyl (C=O) groups excluding carboxylic acids is 2. The quantitative estimate of drug-likeness (QED) is 0.446. The first-order valence-electron chi connectivity index (χ1n) is 11.7. The van der Waals surface area contributed by atoms with Crippen LogP contribution >= 0.6 is 0 Å². The molecule has 1 N–H and O–H groups in total. The summed E-state index contributed by atoms with van der Waals surface area (Å²) in [5, 5.41) is 10.3. The highest BCUT2D eigenvalue weighted by molar-refractivity contribution is 7.89. The third-order valence-corrected chi connectivity index (χ3v) is 7.72. The first-order valence-corrected chi connectivity index (χ1v) is 13.1. The van der Waals surface area contributed by atoms with Gasteiger partial charge in [-0.1, -0.05) is 5.10 Å². The van der Waals surface area contributed by atoms with Crippen LogP contribution in [0.4, 0.5) is 10.8 Å². The van der Waals surface area contributed by atoms with E-state index in [0.29, 0.717) is 17.1 Å². The first-order chi connectivity index (χ1) is 18.3. The first kappa shape index (κ1) is 26.9. The predicted octanol–water partition coefficient (Wildman–Crippen LogP) is 2.47. The predicted molar refractivity (Wildman–Crippen MR) is 135 cm³/mol. The van der Waals surface area contributed by atoms with Gasteiger partial charge in [0.1, 0.15) is 11.5 Å². The topological polar surface area (TPSA) is 153 Å². The highest BCUT2D eigenvalue weighted by Gasteiger charge is 2.30. The van der Waals surface area contributed by atoms with Gasteiger partial charge in [0.25, 0.3) is 11.8 Å². The van der Waals surface area contributed by atoms with Crippen LogP contribution < -0.4 is 14.8 Å². The minimum atomic E-state index is -3.80. The van der Waals surface area contributed by atoms with E-state index in [-0.39, 0.29) is 55.2 Å². The number of nitrogens with zero attached hydrogens (tertiary/aromatic N) is 4. The highest BCUT2D eigenvalue weighted by atomic mass is 32.2. The summed E-state index contributed by atoms with van der Waals surface area (Å²) in [7, 11) is -0.779. The minimum absolute atomic E-state index is 0.0327. The molecular weight excluding hydrogens is 518 g/mol. The van der Waals surface area contributed by atoms with Crippen LogP contribution in [0.1, 0.15) is 17.3 Å². The molecule has 14 heteroatoms. The summed E-state index contributed by atoms with van der Waals surface area (Å²) in [4.78, 5) is 26.1. The molecule has 0 bridgehead atoms. The maximum Gasteiger partial charge on any atom is 0.409 e. The van der Waals surface area contributed by atoms with Crippen LogP contribution in [-0.2, 0) is 14.8 Å². The smallest absolute Gasteiger partial charge is 0.409 e. The number of methoxy groups -OCH3 is 2. The summed E-state index contributed by atoms with van der Waals surface area (Å²) in [5.41, 5.74) is 0.705. The Bertz CT molecular complexity index is 1400. The van der Waals surface area contributed by atoms with Crippen LogP contribution in [0.5, 0.6) is 11.5 Å². The lowest BCUT2D eigenvalue weighted by atomic mass is 10.2. The van der Waals surface area contributed by atoms with E-state index >= 15 is 0 Å². The molecule has 0 atom stereocenters. The second-order valence-corrected chi connectivity index (χ2v) is 9.99. The molecule has 1 aliphatic heterocycles. The molecular formula is C24H27N5O8S. The molecule has 1 aliphatic rings. The molecule has 3 aromatic rings. The third-order valence-electron chi connectivity index (χ3n) is 5.80. The fraction of sp³-hybridized carbons (Fsp3) is 0.333. The van der Waals surface area contributed by atoms with Crippen molar-refractivity contribution in [3.8, 4) is 23.0 Å². The van der Waals surface area contributed by atoms with E-state index in [4.69, 9.17) is 18.6 Å². The van der Waals surface area contributed by atoms with Crippen LogP contribution in [-0.4, -0.2) is 86.8 Å². The number of hydrogen-bond acceptors (Lipinski definition) is 10. The summed E-state index contributed by atoms with van der Waals surface area (Å²) in [5.74, 6) is 0.603. The van der Waals surface area contributed by atoms with Crippen LogP contribution in [0.2, 0.25) is 0 Å². The lowest BCUT2D eigenvalue weighted by molar-refractivity contribution is 0.0933. The molecule has 1 aromatic heterocycles. The molecule has 0 unspecified atom stereocenters. The number of carbonyl (C=O) groups is 2. The fourth-order valence-corrected chi connectivity index (χ4v) is 5.20. The Labute approximate surface area is 219 Å². The summed E-state index contributed by atoms with van der Waals surface area (Å²) < 4.78 is 48.4. The van der Waals surface area contributed by atoms with Crippen molar-refractivity contribution in [2.24, 2.45) is 0 Å². The number of aromatic nitrogens is 2. The molecule has 38 heavy (non-hydrogen) atoms. The Morgan fingerprint density at radius 2 is 1.71 bits per heavy atom. The number of piperazine rings is 1. The SMILES string of the molecule is CCOC(=O)N1CCN(S(=O)(=O)c2ccc(C(=O)Nc3nnc(-c4ccc(OC)cc4OC)o3)cc2)CC1. The van der Waals surface area contributed by atoms with Crippen molar-refractivity contribution in [1.29, 1.82) is 0 Å². The van der Waals surface area contributed by atoms with E-state index in [9.17, 15) is 18.0 Å². The van der Waals surface area contributed by atoms with E-state index in [1.165, 1.54) is 47.7 Å². The van der Waals surface area contributed by atoms with Gasteiger partial charge in [-0.15, -0.1) is 5.10 Å². The molecule has 2 heterocycles. The van der Waals surface area contributed by atoms with E-state index in [0.717, 1.165) is 0 Å². The average Bonchev–Trinajstić information content (AvgIpc) is 3.41. The number of amides is 2. The Morgan fingerprint density at radius 1 is 1.00 bits per heavy atom. The number of sulfonamides is 1. The highest BCUT2D eigenvalue weighted by Crippen LogP contribution is 2.33. The zero-order valence-corrected chi connectivity index (χ0v) is 21.9. The van der Waals surface area contributed by atoms with E-state index in [1.807, 2.05) is 0 Å². The van der Waals surface area contributed by atoms with Crippen LogP contribution in [0.25, 0.3) is 11.5 Å². The number of ether oxygens (including phenoxy) is 3. The Kier molecular flexibility index (Phi) is 8.12. The lowest BCUT2D eigenvalue weighted by Crippen LogP contribution is -2.50. The average molecular weight is 546 g/mol. The summed E-state index contributed by atoms with van der Waals surface area (Å²) in [6.07, 6.45) is -0.462. The second-order valence-electron chi connectivity index (χ2n) is 8.05. The summed E-state index contributed by atoms with van der Waals surface area (Å²) in [6, 6.07) is 10.4. The Morgan fingerprint density at radius 3 is 2.34 bits per heavy atom. The van der Waals surface area contributed by atoms with Gasteiger partial charge in [0, 0.05) is 37.8 Å². The second kappa shape index (κ2) is 11.5. The van der Waals surface area contributed by atoms with Crippen LogP contribution in [0.15, 0.2) is 51.8 Å². The molecule has 2 aromatic carbocycles. The minimum Gasteiger partial charge on any atom is -0.497 e. The molecule has 4 rings (SSSR count). The van der Waals surface area contributed by atoms with Crippen molar-refractivity contribution in [3.63, 3.8) is 0 Å². The largest absolute Gasteiger partial charge is 0.497 e. The maximum absolute atomic E-state index is 13.0. The van der Waals surface area contributed by atoms with Crippen molar-refractivity contribution in [2.75, 3.05) is 52.3 Å². The van der Waals surface area contributed by atoms with Gasteiger partial charge in [-0.2, -0.15) is 4.31 Å². The van der Waals surface area contributed by atoms with Crippen LogP contribution in [0, 0.1) is 0 Å². The number of nitrogens with one attached hydrogen (secondary N) is 1. The van der Waals surface area contributed by atoms with Crippen molar-refractivity contribution >= 4 is 28.0 Å². The van der Waals surface area contributed by atoms with Crippen molar-refractivity contribution in [2.45, 2.75) is 11.8 Å². The molecule has 0 aliphatic carbocycles. The third kappa shape index (κ3) is 5.70. The van der Waals surface area contributed by atoms with Crippen molar-refractivity contribution in [3.05, 3.63) is 48.0 Å². The summed E-state index contributed by atoms with van der Waals surface area (Å²) in [6.45, 7) is 2.70. The molecule has 0 radical (unpaired) electrons. The van der Waals surface area contributed by atoms with E-state index in [1.54, 1.807) is 25.1 Å². The monoisotopic (exact) mass is 545 g/mol. The Hall–Kier alpha value is -4.17. The van der Waals surface area contributed by atoms with Gasteiger partial charge in [-0.25, -0.2) is 13.2 Å². The molecule has 1 saturated heterocycles. The Balaban J connectivity index is 1.40. The van der Waals surface area contributed by atoms with Gasteiger partial charge in [0.15, 0.2) is 0 Å². The van der Waals surface area contributed by atoms with Gasteiger partial charge in [0.05, 0.1) is 31.3 Å². The van der Waals surface area contributed by atoms with Gasteiger partial charge in [0.2, 0.25) is 10.0 Å². The molecule has 13 nitrogen and oxygen atoms in total. The zero-order chi connectivity index (χ0) is 27.3. The van der Waals surface area contributed by atoms with Gasteiger partial charge >= 0.3 is 12.1 Å². The molecule has 0 saturated carbocycles. The van der Waals surface area contributed by atoms with Crippen molar-refractivity contribution in [1.82, 2.24) is 19.4 Å².